The summed E-state index contributed by atoms with van der Waals surface area (Å²) >= 11 is 0. The molecule has 4 rings (SSSR count). The fourth-order valence-electron chi connectivity index (χ4n) is 4.81. The number of carbonyl (C=O) groups excluding carboxylic acids is 2. The number of fused-ring (bicyclic) bond motifs is 1. The molecule has 1 aromatic carbocycles. The van der Waals surface area contributed by atoms with Gasteiger partial charge in [-0.2, -0.15) is 0 Å². The van der Waals surface area contributed by atoms with Gasteiger partial charge in [0.15, 0.2) is 0 Å². The summed E-state index contributed by atoms with van der Waals surface area (Å²) in [7, 11) is 0. The van der Waals surface area contributed by atoms with Gasteiger partial charge in [-0.3, -0.25) is 19.4 Å². The summed E-state index contributed by atoms with van der Waals surface area (Å²) in [5.74, 6) is 0.836. The molecule has 162 valence electrons. The molecular weight excluding hydrogens is 378 g/mol. The normalized spacial score (nSPS) is 24.4. The van der Waals surface area contributed by atoms with Gasteiger partial charge in [0.2, 0.25) is 11.8 Å². The third-order valence-corrected chi connectivity index (χ3v) is 6.49. The smallest absolute Gasteiger partial charge is 0.233 e. The highest BCUT2D eigenvalue weighted by molar-refractivity contribution is 6.05. The van der Waals surface area contributed by atoms with E-state index in [0.717, 1.165) is 70.8 Å². The maximum atomic E-state index is 12.6. The van der Waals surface area contributed by atoms with Crippen molar-refractivity contribution in [3.8, 4) is 5.75 Å². The molecule has 0 bridgehead atoms. The van der Waals surface area contributed by atoms with Crippen LogP contribution in [0.15, 0.2) is 36.4 Å². The van der Waals surface area contributed by atoms with E-state index in [1.165, 1.54) is 10.6 Å². The molecule has 2 saturated heterocycles. The fraction of sp³-hybridized carbons (Fsp3) is 0.583. The SMILES string of the molecule is CCCOc1ccccc1N1CCN(CCCN2C(=O)C3CC=CCC3C2=O)CC1. The van der Waals surface area contributed by atoms with E-state index < -0.39 is 0 Å². The molecule has 30 heavy (non-hydrogen) atoms. The van der Waals surface area contributed by atoms with Crippen LogP contribution in [-0.4, -0.2) is 67.5 Å². The van der Waals surface area contributed by atoms with Crippen molar-refractivity contribution in [2.24, 2.45) is 11.8 Å². The highest BCUT2D eigenvalue weighted by atomic mass is 16.5. The van der Waals surface area contributed by atoms with Gasteiger partial charge in [0.1, 0.15) is 5.75 Å². The van der Waals surface area contributed by atoms with Crippen LogP contribution in [0.2, 0.25) is 0 Å². The summed E-state index contributed by atoms with van der Waals surface area (Å²) in [5, 5.41) is 0. The largest absolute Gasteiger partial charge is 0.491 e. The lowest BCUT2D eigenvalue weighted by Gasteiger charge is -2.36. The third-order valence-electron chi connectivity index (χ3n) is 6.49. The van der Waals surface area contributed by atoms with E-state index in [4.69, 9.17) is 4.74 Å². The highest BCUT2D eigenvalue weighted by Gasteiger charge is 2.46. The molecule has 0 aromatic heterocycles. The van der Waals surface area contributed by atoms with Crippen molar-refractivity contribution in [2.45, 2.75) is 32.6 Å². The average Bonchev–Trinajstić information content (AvgIpc) is 3.03. The Bertz CT molecular complexity index is 760. The van der Waals surface area contributed by atoms with Crippen LogP contribution < -0.4 is 9.64 Å². The number of ether oxygens (including phenoxy) is 1. The first-order valence-electron chi connectivity index (χ1n) is 11.4. The van der Waals surface area contributed by atoms with Gasteiger partial charge in [0, 0.05) is 32.7 Å². The molecule has 0 radical (unpaired) electrons. The van der Waals surface area contributed by atoms with E-state index in [1.807, 2.05) is 18.2 Å². The first-order valence-corrected chi connectivity index (χ1v) is 11.4. The van der Waals surface area contributed by atoms with Crippen LogP contribution in [0.5, 0.6) is 5.75 Å². The number of benzene rings is 1. The van der Waals surface area contributed by atoms with Gasteiger partial charge in [-0.15, -0.1) is 0 Å². The van der Waals surface area contributed by atoms with Crippen molar-refractivity contribution in [1.82, 2.24) is 9.80 Å². The summed E-state index contributed by atoms with van der Waals surface area (Å²) in [5.41, 5.74) is 1.18. The molecule has 2 aliphatic heterocycles. The second-order valence-corrected chi connectivity index (χ2v) is 8.48. The van der Waals surface area contributed by atoms with Gasteiger partial charge in [0.25, 0.3) is 0 Å². The molecule has 2 heterocycles. The van der Waals surface area contributed by atoms with E-state index in [0.29, 0.717) is 6.54 Å². The molecule has 2 amide bonds. The quantitative estimate of drug-likeness (QED) is 0.486. The molecular formula is C24H33N3O3. The zero-order chi connectivity index (χ0) is 20.9. The molecule has 6 nitrogen and oxygen atoms in total. The second kappa shape index (κ2) is 9.65. The minimum absolute atomic E-state index is 0.0443. The van der Waals surface area contributed by atoms with Crippen molar-refractivity contribution in [3.63, 3.8) is 0 Å². The molecule has 0 saturated carbocycles. The fourth-order valence-corrected chi connectivity index (χ4v) is 4.81. The molecule has 2 fully saturated rings. The van der Waals surface area contributed by atoms with E-state index >= 15 is 0 Å². The summed E-state index contributed by atoms with van der Waals surface area (Å²) in [4.78, 5) is 31.5. The Balaban J connectivity index is 1.23. The van der Waals surface area contributed by atoms with Crippen molar-refractivity contribution in [2.75, 3.05) is 50.8 Å². The summed E-state index contributed by atoms with van der Waals surface area (Å²) in [6.45, 7) is 8.23. The molecule has 1 aromatic rings. The molecule has 6 heteroatoms. The number of likely N-dealkylation sites (tertiary alicyclic amines) is 1. The number of hydrogen-bond donors (Lipinski definition) is 0. The number of nitrogens with zero attached hydrogens (tertiary/aromatic N) is 3. The van der Waals surface area contributed by atoms with Crippen molar-refractivity contribution in [3.05, 3.63) is 36.4 Å². The lowest BCUT2D eigenvalue weighted by molar-refractivity contribution is -0.140. The second-order valence-electron chi connectivity index (χ2n) is 8.48. The van der Waals surface area contributed by atoms with Gasteiger partial charge in [-0.05, 0) is 44.4 Å². The summed E-state index contributed by atoms with van der Waals surface area (Å²) in [6, 6.07) is 8.28. The molecule has 2 atom stereocenters. The van der Waals surface area contributed by atoms with E-state index in [-0.39, 0.29) is 23.7 Å². The zero-order valence-corrected chi connectivity index (χ0v) is 18.0. The number of carbonyl (C=O) groups is 2. The van der Waals surface area contributed by atoms with Gasteiger partial charge >= 0.3 is 0 Å². The Hall–Kier alpha value is -2.34. The van der Waals surface area contributed by atoms with Crippen molar-refractivity contribution >= 4 is 17.5 Å². The highest BCUT2D eigenvalue weighted by Crippen LogP contribution is 2.35. The first kappa shape index (κ1) is 20.9. The molecule has 0 N–H and O–H groups in total. The lowest BCUT2D eigenvalue weighted by atomic mass is 9.85. The van der Waals surface area contributed by atoms with Crippen LogP contribution in [0, 0.1) is 11.8 Å². The summed E-state index contributed by atoms with van der Waals surface area (Å²) in [6.07, 6.45) is 7.37. The summed E-state index contributed by atoms with van der Waals surface area (Å²) < 4.78 is 5.92. The predicted octanol–water partition coefficient (Wildman–Crippen LogP) is 2.94. The number of allylic oxidation sites excluding steroid dienone is 2. The van der Waals surface area contributed by atoms with Crippen LogP contribution in [0.25, 0.3) is 0 Å². The van der Waals surface area contributed by atoms with Gasteiger partial charge in [-0.1, -0.05) is 31.2 Å². The Morgan fingerprint density at radius 2 is 1.60 bits per heavy atom. The molecule has 0 spiro atoms. The third kappa shape index (κ3) is 4.38. The minimum Gasteiger partial charge on any atom is -0.491 e. The van der Waals surface area contributed by atoms with Crippen LogP contribution >= 0.6 is 0 Å². The van der Waals surface area contributed by atoms with Crippen molar-refractivity contribution in [1.29, 1.82) is 0 Å². The van der Waals surface area contributed by atoms with Crippen LogP contribution in [0.4, 0.5) is 5.69 Å². The van der Waals surface area contributed by atoms with E-state index in [1.54, 1.807) is 0 Å². The lowest BCUT2D eigenvalue weighted by Crippen LogP contribution is -2.47. The predicted molar refractivity (Wildman–Crippen MR) is 118 cm³/mol. The van der Waals surface area contributed by atoms with Crippen LogP contribution in [-0.2, 0) is 9.59 Å². The first-order chi connectivity index (χ1) is 14.7. The number of anilines is 1. The number of amides is 2. The Kier molecular flexibility index (Phi) is 6.72. The van der Waals surface area contributed by atoms with Crippen LogP contribution in [0.1, 0.15) is 32.6 Å². The van der Waals surface area contributed by atoms with Gasteiger partial charge < -0.3 is 9.64 Å². The number of hydrogen-bond acceptors (Lipinski definition) is 5. The van der Waals surface area contributed by atoms with E-state index in [9.17, 15) is 9.59 Å². The maximum Gasteiger partial charge on any atom is 0.233 e. The number of piperazine rings is 1. The van der Waals surface area contributed by atoms with E-state index in [2.05, 4.69) is 34.9 Å². The topological polar surface area (TPSA) is 53.1 Å². The maximum absolute atomic E-state index is 12.6. The van der Waals surface area contributed by atoms with Crippen molar-refractivity contribution < 1.29 is 14.3 Å². The van der Waals surface area contributed by atoms with Crippen LogP contribution in [0.3, 0.4) is 0 Å². The Labute approximate surface area is 179 Å². The number of imide groups is 1. The molecule has 1 aliphatic carbocycles. The molecule has 3 aliphatic rings. The number of rotatable bonds is 8. The standard InChI is InChI=1S/C24H33N3O3/c1-2-18-30-22-11-6-5-10-21(22)26-16-14-25(15-17-26)12-7-13-27-23(28)19-8-3-4-9-20(19)24(27)29/h3-6,10-11,19-20H,2,7-9,12-18H2,1H3. The Morgan fingerprint density at radius 3 is 2.27 bits per heavy atom. The minimum atomic E-state index is -0.110. The van der Waals surface area contributed by atoms with Gasteiger partial charge in [-0.25, -0.2) is 0 Å². The van der Waals surface area contributed by atoms with Gasteiger partial charge in [0.05, 0.1) is 24.1 Å². The monoisotopic (exact) mass is 411 g/mol. The Morgan fingerprint density at radius 1 is 0.933 bits per heavy atom. The molecule has 2 unspecified atom stereocenters. The number of para-hydroxylation sites is 2. The average molecular weight is 412 g/mol. The zero-order valence-electron chi connectivity index (χ0n) is 18.0.